The predicted octanol–water partition coefficient (Wildman–Crippen LogP) is 4.71. The minimum absolute atomic E-state index is 0.0801. The van der Waals surface area contributed by atoms with Gasteiger partial charge in [0.1, 0.15) is 12.1 Å². The van der Waals surface area contributed by atoms with E-state index in [-0.39, 0.29) is 17.7 Å². The van der Waals surface area contributed by atoms with Crippen LogP contribution in [0.15, 0.2) is 83.8 Å². The van der Waals surface area contributed by atoms with Gasteiger partial charge in [0.2, 0.25) is 0 Å². The Morgan fingerprint density at radius 1 is 1.03 bits per heavy atom. The lowest BCUT2D eigenvalue weighted by atomic mass is 10.0. The van der Waals surface area contributed by atoms with Crippen LogP contribution in [0.1, 0.15) is 11.1 Å². The van der Waals surface area contributed by atoms with E-state index in [1.54, 1.807) is 42.5 Å². The highest BCUT2D eigenvalue weighted by Crippen LogP contribution is 2.32. The first-order valence-corrected chi connectivity index (χ1v) is 9.97. The molecule has 0 fully saturated rings. The third-order valence-corrected chi connectivity index (χ3v) is 5.21. The molecule has 4 nitrogen and oxygen atoms in total. The first-order chi connectivity index (χ1) is 15.3. The number of aromatic nitrogens is 2. The lowest BCUT2D eigenvalue weighted by Gasteiger charge is -2.17. The van der Waals surface area contributed by atoms with Crippen molar-refractivity contribution in [1.82, 2.24) is 4.40 Å². The van der Waals surface area contributed by atoms with Crippen LogP contribution in [-0.4, -0.2) is 4.40 Å². The molecular weight excluding hydrogens is 441 g/mol. The highest BCUT2D eigenvalue weighted by molar-refractivity contribution is 6.30. The number of allylic oxidation sites excluding steroid dienone is 1. The van der Waals surface area contributed by atoms with Crippen LogP contribution in [0.3, 0.4) is 0 Å². The molecule has 0 amide bonds. The highest BCUT2D eigenvalue weighted by atomic mass is 35.5. The molecule has 0 aliphatic carbocycles. The van der Waals surface area contributed by atoms with Crippen LogP contribution in [-0.2, 0) is 12.7 Å². The standard InChI is InChI=1S/C24H16ClF3N2O2/c25-19-11-9-16(10-12-19)5-4-14-30-20-8-1-2-13-29(20)22(31)21(23(30)32)17-6-3-7-18(15-17)24(26,27)28/h1-13,15H,14H2/b5-4+. The maximum absolute atomic E-state index is 13.3. The van der Waals surface area contributed by atoms with Crippen molar-refractivity contribution < 1.29 is 22.8 Å². The van der Waals surface area contributed by atoms with Gasteiger partial charge >= 0.3 is 11.7 Å². The Morgan fingerprint density at radius 2 is 1.78 bits per heavy atom. The second-order valence-corrected chi connectivity index (χ2v) is 7.49. The van der Waals surface area contributed by atoms with Crippen LogP contribution >= 0.6 is 11.6 Å². The summed E-state index contributed by atoms with van der Waals surface area (Å²) in [6.07, 6.45) is 0.409. The molecule has 4 rings (SSSR count). The Hall–Kier alpha value is -3.58. The van der Waals surface area contributed by atoms with Crippen LogP contribution < -0.4 is 15.2 Å². The van der Waals surface area contributed by atoms with E-state index in [0.717, 1.165) is 17.7 Å². The molecule has 0 saturated carbocycles. The smallest absolute Gasteiger partial charge is 0.416 e. The Labute approximate surface area is 186 Å². The molecule has 0 aliphatic heterocycles. The number of hydrogen-bond acceptors (Lipinski definition) is 2. The molecule has 0 N–H and O–H groups in total. The first kappa shape index (κ1) is 21.6. The van der Waals surface area contributed by atoms with Crippen molar-refractivity contribution >= 4 is 23.3 Å². The Kier molecular flexibility index (Phi) is 5.76. The van der Waals surface area contributed by atoms with Crippen molar-refractivity contribution in [1.29, 1.82) is 0 Å². The van der Waals surface area contributed by atoms with Gasteiger partial charge in [-0.05, 0) is 47.5 Å². The van der Waals surface area contributed by atoms with Gasteiger partial charge in [-0.1, -0.05) is 48.0 Å². The zero-order valence-electron chi connectivity index (χ0n) is 16.5. The van der Waals surface area contributed by atoms with E-state index in [9.17, 15) is 23.1 Å². The molecular formula is C24H16ClF3N2O2. The van der Waals surface area contributed by atoms with Gasteiger partial charge in [0.25, 0.3) is 5.65 Å². The van der Waals surface area contributed by atoms with Crippen LogP contribution in [0.4, 0.5) is 13.2 Å². The van der Waals surface area contributed by atoms with Crippen LogP contribution in [0.2, 0.25) is 5.02 Å². The summed E-state index contributed by atoms with van der Waals surface area (Å²) in [6.45, 7) is 0.112. The maximum atomic E-state index is 13.3. The fourth-order valence-corrected chi connectivity index (χ4v) is 3.55. The highest BCUT2D eigenvalue weighted by Gasteiger charge is 2.31. The predicted molar refractivity (Wildman–Crippen MR) is 114 cm³/mol. The van der Waals surface area contributed by atoms with E-state index in [2.05, 4.69) is 0 Å². The summed E-state index contributed by atoms with van der Waals surface area (Å²) in [4.78, 5) is 13.0. The lowest BCUT2D eigenvalue weighted by Crippen LogP contribution is -2.43. The molecule has 0 bridgehead atoms. The molecule has 2 heterocycles. The van der Waals surface area contributed by atoms with Crippen molar-refractivity contribution in [3.63, 3.8) is 0 Å². The van der Waals surface area contributed by atoms with Crippen LogP contribution in [0.5, 0.6) is 5.88 Å². The molecule has 162 valence electrons. The summed E-state index contributed by atoms with van der Waals surface area (Å²) >= 11 is 5.89. The molecule has 0 atom stereocenters. The van der Waals surface area contributed by atoms with E-state index >= 15 is 0 Å². The van der Waals surface area contributed by atoms with Gasteiger partial charge < -0.3 is 5.11 Å². The fourth-order valence-electron chi connectivity index (χ4n) is 3.42. The number of benzene rings is 2. The topological polar surface area (TPSA) is 48.4 Å². The van der Waals surface area contributed by atoms with Gasteiger partial charge in [-0.3, -0.25) is 0 Å². The zero-order chi connectivity index (χ0) is 22.9. The van der Waals surface area contributed by atoms with E-state index in [1.807, 2.05) is 12.1 Å². The zero-order valence-corrected chi connectivity index (χ0v) is 17.3. The number of halogens is 4. The number of alkyl halides is 3. The largest absolute Gasteiger partial charge is 0.842 e. The van der Waals surface area contributed by atoms with E-state index < -0.39 is 23.2 Å². The number of nitrogens with zero attached hydrogens (tertiary/aromatic N) is 2. The Balaban J connectivity index is 1.85. The number of pyridine rings is 1. The molecule has 0 saturated heterocycles. The van der Waals surface area contributed by atoms with Gasteiger partial charge in [0.15, 0.2) is 0 Å². The van der Waals surface area contributed by atoms with Crippen molar-refractivity contribution in [2.45, 2.75) is 12.7 Å². The van der Waals surface area contributed by atoms with Gasteiger partial charge in [-0.15, -0.1) is 0 Å². The molecule has 2 aromatic carbocycles. The monoisotopic (exact) mass is 456 g/mol. The Bertz CT molecular complexity index is 1380. The average Bonchev–Trinajstić information content (AvgIpc) is 2.77. The Morgan fingerprint density at radius 3 is 2.50 bits per heavy atom. The number of rotatable bonds is 4. The van der Waals surface area contributed by atoms with Gasteiger partial charge in [0, 0.05) is 11.1 Å². The van der Waals surface area contributed by atoms with E-state index in [0.29, 0.717) is 10.7 Å². The quantitative estimate of drug-likeness (QED) is 0.417. The summed E-state index contributed by atoms with van der Waals surface area (Å²) in [6, 6.07) is 16.2. The van der Waals surface area contributed by atoms with Crippen molar-refractivity contribution in [3.8, 4) is 17.0 Å². The minimum atomic E-state index is -4.59. The number of fused-ring (bicyclic) bond motifs is 1. The van der Waals surface area contributed by atoms with Crippen LogP contribution in [0.25, 0.3) is 22.9 Å². The molecule has 4 aromatic rings. The third kappa shape index (κ3) is 4.24. The van der Waals surface area contributed by atoms with Gasteiger partial charge in [-0.25, -0.2) is 9.36 Å². The van der Waals surface area contributed by atoms with Crippen molar-refractivity contribution in [3.05, 3.63) is 106 Å². The second kappa shape index (κ2) is 8.51. The fraction of sp³-hybridized carbons (Fsp3) is 0.0833. The van der Waals surface area contributed by atoms with Crippen LogP contribution in [0, 0.1) is 0 Å². The maximum Gasteiger partial charge on any atom is 0.416 e. The molecule has 0 unspecified atom stereocenters. The SMILES string of the molecule is O=c1c(-c2cccc(C(F)(F)F)c2)c([O-])[n+](C/C=C/c2ccc(Cl)cc2)c2ccccn12. The molecule has 0 spiro atoms. The second-order valence-electron chi connectivity index (χ2n) is 7.06. The van der Waals surface area contributed by atoms with Gasteiger partial charge in [0.05, 0.1) is 17.6 Å². The summed E-state index contributed by atoms with van der Waals surface area (Å²) in [5.41, 5.74) is -0.816. The molecule has 0 aliphatic rings. The van der Waals surface area contributed by atoms with Crippen molar-refractivity contribution in [2.75, 3.05) is 0 Å². The minimum Gasteiger partial charge on any atom is -0.842 e. The molecule has 2 aromatic heterocycles. The summed E-state index contributed by atoms with van der Waals surface area (Å²) in [5, 5.41) is 13.9. The molecule has 32 heavy (non-hydrogen) atoms. The lowest BCUT2D eigenvalue weighted by molar-refractivity contribution is -0.706. The normalized spacial score (nSPS) is 12.0. The summed E-state index contributed by atoms with van der Waals surface area (Å²) in [5.74, 6) is -0.665. The van der Waals surface area contributed by atoms with Crippen molar-refractivity contribution in [2.24, 2.45) is 0 Å². The van der Waals surface area contributed by atoms with Gasteiger partial charge in [-0.2, -0.15) is 17.6 Å². The summed E-state index contributed by atoms with van der Waals surface area (Å²) < 4.78 is 42.2. The number of hydrogen-bond donors (Lipinski definition) is 0. The molecule has 0 radical (unpaired) electrons. The average molecular weight is 457 g/mol. The first-order valence-electron chi connectivity index (χ1n) is 9.59. The van der Waals surface area contributed by atoms with E-state index in [1.165, 1.54) is 27.3 Å². The third-order valence-electron chi connectivity index (χ3n) is 4.95. The van der Waals surface area contributed by atoms with E-state index in [4.69, 9.17) is 11.6 Å². The summed E-state index contributed by atoms with van der Waals surface area (Å²) in [7, 11) is 0. The molecule has 8 heteroatoms.